The maximum atomic E-state index is 13.1. The van der Waals surface area contributed by atoms with Crippen molar-refractivity contribution in [2.24, 2.45) is 17.8 Å². The van der Waals surface area contributed by atoms with Crippen LogP contribution in [0.4, 0.5) is 0 Å². The van der Waals surface area contributed by atoms with E-state index in [1.54, 1.807) is 0 Å². The lowest BCUT2D eigenvalue weighted by Crippen LogP contribution is -2.44. The van der Waals surface area contributed by atoms with Crippen molar-refractivity contribution < 1.29 is 24.2 Å². The number of carbonyl (C=O) groups is 2. The van der Waals surface area contributed by atoms with E-state index in [0.717, 1.165) is 103 Å². The van der Waals surface area contributed by atoms with E-state index in [1.807, 2.05) is 0 Å². The second-order valence-electron chi connectivity index (χ2n) is 17.9. The zero-order chi connectivity index (χ0) is 40.7. The second kappa shape index (κ2) is 39.3. The highest BCUT2D eigenvalue weighted by Gasteiger charge is 2.27. The maximum absolute atomic E-state index is 13.1. The molecule has 0 amide bonds. The zero-order valence-corrected chi connectivity index (χ0v) is 38.1. The molecule has 56 heavy (non-hydrogen) atoms. The molecule has 1 N–H and O–H groups in total. The third-order valence-electron chi connectivity index (χ3n) is 12.7. The third kappa shape index (κ3) is 29.1. The molecule has 1 saturated heterocycles. The second-order valence-corrected chi connectivity index (χ2v) is 17.9. The Morgan fingerprint density at radius 2 is 0.911 bits per heavy atom. The number of carbonyl (C=O) groups excluding carboxylic acids is 2. The SMILES string of the molecule is CCCCCCCCC(CCCCCC)C(=O)OCCCCCC1CCC(CCCCOC(=O)C(CCCCCC)CCCCCCCC)CN1CCCCO. The van der Waals surface area contributed by atoms with Crippen LogP contribution < -0.4 is 0 Å². The van der Waals surface area contributed by atoms with Gasteiger partial charge in [0.2, 0.25) is 0 Å². The minimum atomic E-state index is 0.0621. The van der Waals surface area contributed by atoms with Crippen LogP contribution in [0.1, 0.15) is 252 Å². The van der Waals surface area contributed by atoms with Crippen LogP contribution in [-0.2, 0) is 19.1 Å². The molecule has 1 rings (SSSR count). The number of rotatable bonds is 41. The number of unbranched alkanes of at least 4 members (excludes halogenated alkanes) is 20. The molecule has 0 aliphatic carbocycles. The molecule has 1 aliphatic rings. The summed E-state index contributed by atoms with van der Waals surface area (Å²) in [5, 5.41) is 9.45. The summed E-state index contributed by atoms with van der Waals surface area (Å²) in [6.07, 6.45) is 41.2. The Hall–Kier alpha value is -1.14. The highest BCUT2D eigenvalue weighted by Crippen LogP contribution is 2.29. The minimum Gasteiger partial charge on any atom is -0.465 e. The van der Waals surface area contributed by atoms with Gasteiger partial charge in [-0.25, -0.2) is 0 Å². The van der Waals surface area contributed by atoms with Gasteiger partial charge in [-0.3, -0.25) is 9.59 Å². The van der Waals surface area contributed by atoms with Crippen LogP contribution in [-0.4, -0.2) is 60.9 Å². The summed E-state index contributed by atoms with van der Waals surface area (Å²) in [5.41, 5.74) is 0. The molecule has 4 unspecified atom stereocenters. The molecule has 0 aromatic heterocycles. The van der Waals surface area contributed by atoms with Gasteiger partial charge >= 0.3 is 11.9 Å². The summed E-state index contributed by atoms with van der Waals surface area (Å²) >= 11 is 0. The van der Waals surface area contributed by atoms with Gasteiger partial charge in [-0.2, -0.15) is 0 Å². The number of aliphatic hydroxyl groups excluding tert-OH is 1. The first-order valence-corrected chi connectivity index (χ1v) is 25.2. The van der Waals surface area contributed by atoms with Gasteiger partial charge in [0.1, 0.15) is 0 Å². The Kier molecular flexibility index (Phi) is 37.1. The van der Waals surface area contributed by atoms with Crippen molar-refractivity contribution in [1.29, 1.82) is 0 Å². The van der Waals surface area contributed by atoms with E-state index in [9.17, 15) is 14.7 Å². The van der Waals surface area contributed by atoms with Crippen molar-refractivity contribution in [3.8, 4) is 0 Å². The number of ether oxygens (including phenoxy) is 2. The van der Waals surface area contributed by atoms with Gasteiger partial charge in [0.05, 0.1) is 25.0 Å². The van der Waals surface area contributed by atoms with Gasteiger partial charge in [0.15, 0.2) is 0 Å². The fraction of sp³-hybridized carbons (Fsp3) is 0.960. The van der Waals surface area contributed by atoms with E-state index in [0.29, 0.717) is 25.2 Å². The summed E-state index contributed by atoms with van der Waals surface area (Å²) in [7, 11) is 0. The first kappa shape index (κ1) is 52.9. The average molecular weight is 792 g/mol. The van der Waals surface area contributed by atoms with Crippen molar-refractivity contribution in [3.63, 3.8) is 0 Å². The Morgan fingerprint density at radius 1 is 0.500 bits per heavy atom. The quantitative estimate of drug-likeness (QED) is 0.0491. The fourth-order valence-electron chi connectivity index (χ4n) is 8.96. The summed E-state index contributed by atoms with van der Waals surface area (Å²) in [6, 6.07) is 0.624. The fourth-order valence-corrected chi connectivity index (χ4v) is 8.96. The maximum Gasteiger partial charge on any atom is 0.308 e. The predicted octanol–water partition coefficient (Wildman–Crippen LogP) is 14.3. The van der Waals surface area contributed by atoms with Crippen molar-refractivity contribution in [1.82, 2.24) is 4.90 Å². The molecule has 6 heteroatoms. The van der Waals surface area contributed by atoms with Gasteiger partial charge < -0.3 is 19.5 Å². The van der Waals surface area contributed by atoms with Gasteiger partial charge in [-0.05, 0) is 95.9 Å². The number of likely N-dealkylation sites (tertiary alicyclic amines) is 1. The molecule has 0 aromatic carbocycles. The lowest BCUT2D eigenvalue weighted by molar-refractivity contribution is -0.150. The van der Waals surface area contributed by atoms with Crippen LogP contribution in [0, 0.1) is 17.8 Å². The number of hydrogen-bond acceptors (Lipinski definition) is 6. The van der Waals surface area contributed by atoms with E-state index < -0.39 is 0 Å². The number of nitrogens with zero attached hydrogens (tertiary/aromatic N) is 1. The Bertz CT molecular complexity index is 866. The molecule has 1 heterocycles. The molecule has 6 nitrogen and oxygen atoms in total. The molecule has 0 bridgehead atoms. The van der Waals surface area contributed by atoms with Crippen LogP contribution in [0.15, 0.2) is 0 Å². The molecular weight excluding hydrogens is 695 g/mol. The molecule has 0 radical (unpaired) electrons. The summed E-state index contributed by atoms with van der Waals surface area (Å²) in [5.74, 6) is 1.02. The molecular formula is C50H97NO5. The summed E-state index contributed by atoms with van der Waals surface area (Å²) < 4.78 is 11.8. The molecule has 0 saturated carbocycles. The molecule has 0 aromatic rings. The summed E-state index contributed by atoms with van der Waals surface area (Å²) in [4.78, 5) is 28.9. The van der Waals surface area contributed by atoms with Crippen molar-refractivity contribution in [2.75, 3.05) is 32.9 Å². The van der Waals surface area contributed by atoms with Gasteiger partial charge in [-0.1, -0.05) is 169 Å². The number of hydrogen-bond donors (Lipinski definition) is 1. The van der Waals surface area contributed by atoms with E-state index in [4.69, 9.17) is 9.47 Å². The van der Waals surface area contributed by atoms with Crippen LogP contribution in [0.25, 0.3) is 0 Å². The van der Waals surface area contributed by atoms with Gasteiger partial charge in [-0.15, -0.1) is 0 Å². The topological polar surface area (TPSA) is 76.1 Å². The van der Waals surface area contributed by atoms with Gasteiger partial charge in [0, 0.05) is 19.2 Å². The van der Waals surface area contributed by atoms with Crippen molar-refractivity contribution >= 4 is 11.9 Å². The predicted molar refractivity (Wildman–Crippen MR) is 239 cm³/mol. The van der Waals surface area contributed by atoms with Crippen LogP contribution in [0.5, 0.6) is 0 Å². The van der Waals surface area contributed by atoms with Crippen molar-refractivity contribution in [2.45, 2.75) is 258 Å². The Labute approximate surface area is 349 Å². The number of piperidine rings is 1. The highest BCUT2D eigenvalue weighted by molar-refractivity contribution is 5.72. The van der Waals surface area contributed by atoms with E-state index >= 15 is 0 Å². The van der Waals surface area contributed by atoms with Crippen LogP contribution in [0.3, 0.4) is 0 Å². The zero-order valence-electron chi connectivity index (χ0n) is 38.1. The minimum absolute atomic E-state index is 0.0621. The van der Waals surface area contributed by atoms with Crippen LogP contribution >= 0.6 is 0 Å². The van der Waals surface area contributed by atoms with Gasteiger partial charge in [0.25, 0.3) is 0 Å². The first-order valence-electron chi connectivity index (χ1n) is 25.2. The first-order chi connectivity index (χ1) is 27.5. The monoisotopic (exact) mass is 792 g/mol. The standard InChI is InChI=1S/C50H97NO5/c1-5-9-13-17-19-24-35-46(33-22-15-11-7-3)49(53)55-42-30-21-26-37-48-39-38-45(44-51(48)40-28-29-41-52)32-27-31-43-56-50(54)47(34-23-16-12-8-4)36-25-20-18-14-10-6-2/h45-48,52H,5-44H2,1-4H3. The molecule has 1 aliphatic heterocycles. The number of aliphatic hydroxyl groups is 1. The van der Waals surface area contributed by atoms with E-state index in [-0.39, 0.29) is 30.4 Å². The molecule has 4 atom stereocenters. The summed E-state index contributed by atoms with van der Waals surface area (Å²) in [6.45, 7) is 12.7. The van der Waals surface area contributed by atoms with E-state index in [2.05, 4.69) is 32.6 Å². The van der Waals surface area contributed by atoms with Crippen LogP contribution in [0.2, 0.25) is 0 Å². The Morgan fingerprint density at radius 3 is 1.39 bits per heavy atom. The smallest absolute Gasteiger partial charge is 0.308 e. The van der Waals surface area contributed by atoms with E-state index in [1.165, 1.54) is 135 Å². The Balaban J connectivity index is 2.42. The number of esters is 2. The largest absolute Gasteiger partial charge is 0.465 e. The lowest BCUT2D eigenvalue weighted by atomic mass is 9.87. The highest BCUT2D eigenvalue weighted by atomic mass is 16.5. The normalized spacial score (nSPS) is 17.2. The lowest BCUT2D eigenvalue weighted by Gasteiger charge is -2.40. The molecule has 0 spiro atoms. The molecule has 1 fully saturated rings. The average Bonchev–Trinajstić information content (AvgIpc) is 3.20. The van der Waals surface area contributed by atoms with Crippen molar-refractivity contribution in [3.05, 3.63) is 0 Å². The third-order valence-corrected chi connectivity index (χ3v) is 12.7. The molecule has 332 valence electrons.